The molecular formula is C20H17N. The van der Waals surface area contributed by atoms with Gasteiger partial charge in [0.1, 0.15) is 0 Å². The lowest BCUT2D eigenvalue weighted by Gasteiger charge is -2.09. The highest BCUT2D eigenvalue weighted by atomic mass is 14.7. The van der Waals surface area contributed by atoms with Gasteiger partial charge in [-0.3, -0.25) is 4.98 Å². The second-order valence-electron chi connectivity index (χ2n) is 5.00. The number of aromatic nitrogens is 1. The van der Waals surface area contributed by atoms with Crippen molar-refractivity contribution in [1.29, 1.82) is 0 Å². The van der Waals surface area contributed by atoms with E-state index in [2.05, 4.69) is 72.6 Å². The van der Waals surface area contributed by atoms with Crippen LogP contribution in [-0.2, 0) is 0 Å². The zero-order valence-electron chi connectivity index (χ0n) is 12.0. The van der Waals surface area contributed by atoms with Gasteiger partial charge in [-0.05, 0) is 35.7 Å². The average molecular weight is 271 g/mol. The van der Waals surface area contributed by atoms with Crippen LogP contribution in [0, 0.1) is 6.92 Å². The molecule has 0 fully saturated rings. The van der Waals surface area contributed by atoms with Crippen molar-refractivity contribution in [2.24, 2.45) is 0 Å². The van der Waals surface area contributed by atoms with Crippen molar-refractivity contribution in [2.45, 2.75) is 6.92 Å². The molecule has 0 N–H and O–H groups in total. The van der Waals surface area contributed by atoms with Crippen LogP contribution in [0.4, 0.5) is 0 Å². The molecule has 102 valence electrons. The first-order chi connectivity index (χ1) is 10.3. The Kier molecular flexibility index (Phi) is 3.92. The van der Waals surface area contributed by atoms with E-state index < -0.39 is 0 Å². The summed E-state index contributed by atoms with van der Waals surface area (Å²) in [5, 5.41) is 0. The highest BCUT2D eigenvalue weighted by molar-refractivity contribution is 5.81. The molecule has 1 heterocycles. The van der Waals surface area contributed by atoms with E-state index in [1.54, 1.807) is 0 Å². The minimum Gasteiger partial charge on any atom is -0.256 e. The number of rotatable bonds is 3. The quantitative estimate of drug-likeness (QED) is 0.594. The van der Waals surface area contributed by atoms with E-state index in [1.165, 1.54) is 22.3 Å². The van der Waals surface area contributed by atoms with Gasteiger partial charge in [-0.2, -0.15) is 0 Å². The summed E-state index contributed by atoms with van der Waals surface area (Å²) >= 11 is 0. The molecule has 0 bridgehead atoms. The Balaban J connectivity index is 2.04. The molecular weight excluding hydrogens is 254 g/mol. The molecule has 0 aliphatic heterocycles. The molecule has 1 heteroatoms. The van der Waals surface area contributed by atoms with Crippen molar-refractivity contribution in [1.82, 2.24) is 4.98 Å². The third-order valence-corrected chi connectivity index (χ3v) is 3.48. The molecule has 3 rings (SSSR count). The lowest BCUT2D eigenvalue weighted by Crippen LogP contribution is -1.90. The molecule has 0 radical (unpaired) electrons. The van der Waals surface area contributed by atoms with Crippen LogP contribution in [0.25, 0.3) is 23.4 Å². The van der Waals surface area contributed by atoms with Crippen LogP contribution < -0.4 is 0 Å². The highest BCUT2D eigenvalue weighted by Gasteiger charge is 2.06. The minimum absolute atomic E-state index is 1.02. The fourth-order valence-corrected chi connectivity index (χ4v) is 2.44. The summed E-state index contributed by atoms with van der Waals surface area (Å²) in [5.41, 5.74) is 5.85. The van der Waals surface area contributed by atoms with Gasteiger partial charge in [0.2, 0.25) is 0 Å². The summed E-state index contributed by atoms with van der Waals surface area (Å²) < 4.78 is 0. The average Bonchev–Trinajstić information content (AvgIpc) is 2.55. The van der Waals surface area contributed by atoms with Crippen molar-refractivity contribution in [3.63, 3.8) is 0 Å². The van der Waals surface area contributed by atoms with Gasteiger partial charge in [0.05, 0.1) is 5.69 Å². The number of benzene rings is 2. The summed E-state index contributed by atoms with van der Waals surface area (Å²) in [5.74, 6) is 0. The second kappa shape index (κ2) is 6.19. The van der Waals surface area contributed by atoms with Crippen LogP contribution in [0.1, 0.15) is 16.7 Å². The number of nitrogens with zero attached hydrogens (tertiary/aromatic N) is 1. The van der Waals surface area contributed by atoms with E-state index in [9.17, 15) is 0 Å². The second-order valence-corrected chi connectivity index (χ2v) is 5.00. The molecule has 0 saturated carbocycles. The summed E-state index contributed by atoms with van der Waals surface area (Å²) in [7, 11) is 0. The number of hydrogen-bond acceptors (Lipinski definition) is 1. The normalized spacial score (nSPS) is 10.9. The van der Waals surface area contributed by atoms with Gasteiger partial charge in [-0.15, -0.1) is 0 Å². The van der Waals surface area contributed by atoms with Crippen LogP contribution in [0.2, 0.25) is 0 Å². The predicted molar refractivity (Wildman–Crippen MR) is 89.8 cm³/mol. The van der Waals surface area contributed by atoms with Gasteiger partial charge in [0, 0.05) is 11.8 Å². The fourth-order valence-electron chi connectivity index (χ4n) is 2.44. The van der Waals surface area contributed by atoms with Crippen molar-refractivity contribution in [3.8, 4) is 11.3 Å². The molecule has 1 nitrogen and oxygen atoms in total. The first kappa shape index (κ1) is 13.3. The monoisotopic (exact) mass is 271 g/mol. The Morgan fingerprint density at radius 1 is 0.762 bits per heavy atom. The van der Waals surface area contributed by atoms with Crippen molar-refractivity contribution < 1.29 is 0 Å². The summed E-state index contributed by atoms with van der Waals surface area (Å²) in [6, 6.07) is 22.7. The maximum Gasteiger partial charge on any atom is 0.0710 e. The molecule has 0 aliphatic carbocycles. The Labute approximate surface area is 125 Å². The molecule has 1 aromatic heterocycles. The van der Waals surface area contributed by atoms with Crippen molar-refractivity contribution >= 4 is 12.2 Å². The van der Waals surface area contributed by atoms with E-state index in [0.717, 1.165) is 5.69 Å². The minimum atomic E-state index is 1.02. The zero-order chi connectivity index (χ0) is 14.5. The molecule has 0 unspecified atom stereocenters. The van der Waals surface area contributed by atoms with Gasteiger partial charge in [-0.1, -0.05) is 66.7 Å². The van der Waals surface area contributed by atoms with Gasteiger partial charge < -0.3 is 0 Å². The summed E-state index contributed by atoms with van der Waals surface area (Å²) in [6.07, 6.45) is 6.14. The smallest absolute Gasteiger partial charge is 0.0710 e. The highest BCUT2D eigenvalue weighted by Crippen LogP contribution is 2.27. The third kappa shape index (κ3) is 3.09. The summed E-state index contributed by atoms with van der Waals surface area (Å²) in [4.78, 5) is 4.49. The van der Waals surface area contributed by atoms with E-state index in [0.29, 0.717) is 0 Å². The number of aryl methyl sites for hydroxylation is 1. The van der Waals surface area contributed by atoms with Crippen LogP contribution in [0.3, 0.4) is 0 Å². The molecule has 0 saturated heterocycles. The van der Waals surface area contributed by atoms with Gasteiger partial charge in [0.25, 0.3) is 0 Å². The molecule has 0 spiro atoms. The largest absolute Gasteiger partial charge is 0.256 e. The molecule has 21 heavy (non-hydrogen) atoms. The lowest BCUT2D eigenvalue weighted by atomic mass is 9.97. The van der Waals surface area contributed by atoms with Gasteiger partial charge in [-0.25, -0.2) is 0 Å². The van der Waals surface area contributed by atoms with Crippen LogP contribution in [0.15, 0.2) is 72.9 Å². The molecule has 0 amide bonds. The van der Waals surface area contributed by atoms with E-state index in [-0.39, 0.29) is 0 Å². The molecule has 2 aromatic carbocycles. The van der Waals surface area contributed by atoms with Gasteiger partial charge in [0.15, 0.2) is 0 Å². The first-order valence-corrected chi connectivity index (χ1v) is 7.09. The van der Waals surface area contributed by atoms with Crippen LogP contribution >= 0.6 is 0 Å². The van der Waals surface area contributed by atoms with Crippen molar-refractivity contribution in [3.05, 3.63) is 89.6 Å². The number of pyridine rings is 1. The molecule has 0 aliphatic rings. The van der Waals surface area contributed by atoms with Gasteiger partial charge >= 0.3 is 0 Å². The number of hydrogen-bond donors (Lipinski definition) is 0. The van der Waals surface area contributed by atoms with E-state index >= 15 is 0 Å². The Bertz CT molecular complexity index is 743. The van der Waals surface area contributed by atoms with E-state index in [1.807, 2.05) is 24.4 Å². The predicted octanol–water partition coefficient (Wildman–Crippen LogP) is 5.23. The van der Waals surface area contributed by atoms with Crippen molar-refractivity contribution in [2.75, 3.05) is 0 Å². The van der Waals surface area contributed by atoms with E-state index in [4.69, 9.17) is 0 Å². The first-order valence-electron chi connectivity index (χ1n) is 7.09. The fraction of sp³-hybridized carbons (Fsp3) is 0.0500. The third-order valence-electron chi connectivity index (χ3n) is 3.48. The topological polar surface area (TPSA) is 12.9 Å². The Morgan fingerprint density at radius 2 is 1.57 bits per heavy atom. The maximum absolute atomic E-state index is 4.49. The Hall–Kier alpha value is -2.67. The maximum atomic E-state index is 4.49. The standard InChI is InChI=1S/C20H17N/c1-16-8-7-11-18(14-13-17-9-3-2-4-10-17)20(16)19-12-5-6-15-21-19/h2-15H,1H3/b14-13-. The van der Waals surface area contributed by atoms with Crippen LogP contribution in [-0.4, -0.2) is 4.98 Å². The Morgan fingerprint density at radius 3 is 2.33 bits per heavy atom. The lowest BCUT2D eigenvalue weighted by molar-refractivity contribution is 1.30. The van der Waals surface area contributed by atoms with Crippen LogP contribution in [0.5, 0.6) is 0 Å². The summed E-state index contributed by atoms with van der Waals surface area (Å²) in [6.45, 7) is 2.13. The SMILES string of the molecule is Cc1cccc(/C=C\c2ccccc2)c1-c1ccccn1. The molecule has 3 aromatic rings. The zero-order valence-corrected chi connectivity index (χ0v) is 12.0. The molecule has 0 atom stereocenters.